The summed E-state index contributed by atoms with van der Waals surface area (Å²) in [5.41, 5.74) is 3.52. The molecule has 0 unspecified atom stereocenters. The molecule has 1 aromatic heterocycles. The van der Waals surface area contributed by atoms with Crippen LogP contribution in [0.15, 0.2) is 42.6 Å². The molecule has 1 amide bonds. The normalized spacial score (nSPS) is 16.2. The summed E-state index contributed by atoms with van der Waals surface area (Å²) < 4.78 is 5.88. The first kappa shape index (κ1) is 19.4. The minimum Gasteiger partial charge on any atom is -0.481 e. The lowest BCUT2D eigenvalue weighted by molar-refractivity contribution is -0.139. The number of aromatic nitrogens is 1. The van der Waals surface area contributed by atoms with E-state index in [0.717, 1.165) is 50.6 Å². The molecule has 0 N–H and O–H groups in total. The van der Waals surface area contributed by atoms with Crippen LogP contribution in [-0.4, -0.2) is 59.5 Å². The predicted octanol–water partition coefficient (Wildman–Crippen LogP) is 2.85. The average molecular weight is 367 g/mol. The largest absolute Gasteiger partial charge is 0.481 e. The van der Waals surface area contributed by atoms with Gasteiger partial charge in [-0.25, -0.2) is 0 Å². The summed E-state index contributed by atoms with van der Waals surface area (Å²) in [6.07, 6.45) is 2.32. The number of carbonyl (C=O) groups excluding carboxylic acids is 1. The van der Waals surface area contributed by atoms with Crippen molar-refractivity contribution in [3.8, 4) is 5.75 Å². The van der Waals surface area contributed by atoms with Crippen LogP contribution >= 0.6 is 0 Å². The molecule has 5 heteroatoms. The second-order valence-corrected chi connectivity index (χ2v) is 7.24. The van der Waals surface area contributed by atoms with Crippen molar-refractivity contribution in [2.24, 2.45) is 0 Å². The Balaban J connectivity index is 1.45. The van der Waals surface area contributed by atoms with Gasteiger partial charge >= 0.3 is 0 Å². The number of benzene rings is 1. The van der Waals surface area contributed by atoms with E-state index in [0.29, 0.717) is 0 Å². The van der Waals surface area contributed by atoms with Crippen molar-refractivity contribution < 1.29 is 9.53 Å². The number of aryl methyl sites for hydroxylation is 2. The van der Waals surface area contributed by atoms with E-state index in [9.17, 15) is 4.79 Å². The van der Waals surface area contributed by atoms with Gasteiger partial charge in [-0.3, -0.25) is 14.7 Å². The molecule has 0 spiro atoms. The van der Waals surface area contributed by atoms with E-state index in [4.69, 9.17) is 4.74 Å². The standard InChI is InChI=1S/C22H29N3O2/c1-17-7-8-21(16-18(17)2)27-19(3)22(26)25-14-12-24(13-15-25)11-9-20-6-4-5-10-23-20/h4-8,10,16,19H,9,11-15H2,1-3H3/t19-/m0/s1. The number of hydrogen-bond donors (Lipinski definition) is 0. The Hall–Kier alpha value is -2.40. The smallest absolute Gasteiger partial charge is 0.263 e. The van der Waals surface area contributed by atoms with E-state index in [2.05, 4.69) is 29.8 Å². The summed E-state index contributed by atoms with van der Waals surface area (Å²) in [6.45, 7) is 10.2. The van der Waals surface area contributed by atoms with Gasteiger partial charge < -0.3 is 9.64 Å². The third-order valence-electron chi connectivity index (χ3n) is 5.23. The van der Waals surface area contributed by atoms with Gasteiger partial charge in [0.1, 0.15) is 5.75 Å². The number of amides is 1. The number of ether oxygens (including phenoxy) is 1. The Morgan fingerprint density at radius 3 is 2.56 bits per heavy atom. The lowest BCUT2D eigenvalue weighted by Crippen LogP contribution is -2.52. The molecular formula is C22H29N3O2. The van der Waals surface area contributed by atoms with Gasteiger partial charge in [0.25, 0.3) is 5.91 Å². The molecule has 2 heterocycles. The first-order chi connectivity index (χ1) is 13.0. The van der Waals surface area contributed by atoms with Gasteiger partial charge in [0, 0.05) is 51.0 Å². The zero-order chi connectivity index (χ0) is 19.2. The van der Waals surface area contributed by atoms with E-state index in [1.54, 1.807) is 0 Å². The summed E-state index contributed by atoms with van der Waals surface area (Å²) in [6, 6.07) is 12.0. The van der Waals surface area contributed by atoms with Gasteiger partial charge in [-0.2, -0.15) is 0 Å². The van der Waals surface area contributed by atoms with Crippen LogP contribution in [0.1, 0.15) is 23.7 Å². The predicted molar refractivity (Wildman–Crippen MR) is 107 cm³/mol. The van der Waals surface area contributed by atoms with Crippen molar-refractivity contribution in [2.45, 2.75) is 33.3 Å². The van der Waals surface area contributed by atoms with Crippen LogP contribution in [0, 0.1) is 13.8 Å². The molecule has 1 aromatic carbocycles. The van der Waals surface area contributed by atoms with Crippen LogP contribution in [0.25, 0.3) is 0 Å². The third kappa shape index (κ3) is 5.30. The van der Waals surface area contributed by atoms with Crippen molar-refractivity contribution in [1.82, 2.24) is 14.8 Å². The van der Waals surface area contributed by atoms with Crippen LogP contribution in [-0.2, 0) is 11.2 Å². The number of rotatable bonds is 6. The van der Waals surface area contributed by atoms with Crippen LogP contribution < -0.4 is 4.74 Å². The Kier molecular flexibility index (Phi) is 6.45. The highest BCUT2D eigenvalue weighted by atomic mass is 16.5. The minimum absolute atomic E-state index is 0.0672. The van der Waals surface area contributed by atoms with Crippen LogP contribution in [0.5, 0.6) is 5.75 Å². The van der Waals surface area contributed by atoms with Crippen LogP contribution in [0.4, 0.5) is 0 Å². The summed E-state index contributed by atoms with van der Waals surface area (Å²) in [5.74, 6) is 0.825. The molecule has 144 valence electrons. The maximum absolute atomic E-state index is 12.7. The van der Waals surface area contributed by atoms with Gasteiger partial charge in [0.15, 0.2) is 6.10 Å². The van der Waals surface area contributed by atoms with Gasteiger partial charge in [-0.05, 0) is 56.2 Å². The zero-order valence-electron chi connectivity index (χ0n) is 16.5. The van der Waals surface area contributed by atoms with Crippen molar-refractivity contribution >= 4 is 5.91 Å². The van der Waals surface area contributed by atoms with Gasteiger partial charge in [-0.15, -0.1) is 0 Å². The number of pyridine rings is 1. The molecule has 1 aliphatic heterocycles. The molecule has 1 fully saturated rings. The molecule has 1 aliphatic rings. The SMILES string of the molecule is Cc1ccc(O[C@@H](C)C(=O)N2CCN(CCc3ccccn3)CC2)cc1C. The second-order valence-electron chi connectivity index (χ2n) is 7.24. The lowest BCUT2D eigenvalue weighted by atomic mass is 10.1. The number of nitrogens with zero attached hydrogens (tertiary/aromatic N) is 3. The number of piperazine rings is 1. The van der Waals surface area contributed by atoms with Gasteiger partial charge in [-0.1, -0.05) is 12.1 Å². The van der Waals surface area contributed by atoms with Crippen molar-refractivity contribution in [3.63, 3.8) is 0 Å². The highest BCUT2D eigenvalue weighted by molar-refractivity contribution is 5.81. The fraction of sp³-hybridized carbons (Fsp3) is 0.455. The van der Waals surface area contributed by atoms with Crippen LogP contribution in [0.3, 0.4) is 0 Å². The minimum atomic E-state index is -0.466. The molecule has 2 aromatic rings. The van der Waals surface area contributed by atoms with Crippen molar-refractivity contribution in [1.29, 1.82) is 0 Å². The van der Waals surface area contributed by atoms with E-state index < -0.39 is 6.10 Å². The van der Waals surface area contributed by atoms with Gasteiger partial charge in [0.05, 0.1) is 0 Å². The first-order valence-corrected chi connectivity index (χ1v) is 9.68. The molecule has 0 aliphatic carbocycles. The Bertz CT molecular complexity index is 755. The van der Waals surface area contributed by atoms with Crippen LogP contribution in [0.2, 0.25) is 0 Å². The topological polar surface area (TPSA) is 45.7 Å². The third-order valence-corrected chi connectivity index (χ3v) is 5.23. The molecule has 1 atom stereocenters. The molecule has 3 rings (SSSR count). The summed E-state index contributed by atoms with van der Waals surface area (Å²) in [7, 11) is 0. The maximum atomic E-state index is 12.7. The molecule has 5 nitrogen and oxygen atoms in total. The van der Waals surface area contributed by atoms with Crippen molar-refractivity contribution in [2.75, 3.05) is 32.7 Å². The molecule has 1 saturated heterocycles. The Morgan fingerprint density at radius 1 is 1.11 bits per heavy atom. The first-order valence-electron chi connectivity index (χ1n) is 9.68. The van der Waals surface area contributed by atoms with E-state index in [-0.39, 0.29) is 5.91 Å². The zero-order valence-corrected chi connectivity index (χ0v) is 16.5. The molecule has 0 radical (unpaired) electrons. The van der Waals surface area contributed by atoms with E-state index in [1.807, 2.05) is 48.4 Å². The highest BCUT2D eigenvalue weighted by Crippen LogP contribution is 2.18. The van der Waals surface area contributed by atoms with E-state index >= 15 is 0 Å². The van der Waals surface area contributed by atoms with Crippen molar-refractivity contribution in [3.05, 3.63) is 59.4 Å². The Morgan fingerprint density at radius 2 is 1.89 bits per heavy atom. The quantitative estimate of drug-likeness (QED) is 0.788. The molecule has 0 saturated carbocycles. The maximum Gasteiger partial charge on any atom is 0.263 e. The fourth-order valence-electron chi connectivity index (χ4n) is 3.31. The highest BCUT2D eigenvalue weighted by Gasteiger charge is 2.26. The summed E-state index contributed by atoms with van der Waals surface area (Å²) in [4.78, 5) is 21.4. The molecular weight excluding hydrogens is 338 g/mol. The number of carbonyl (C=O) groups is 1. The monoisotopic (exact) mass is 367 g/mol. The molecule has 27 heavy (non-hydrogen) atoms. The second kappa shape index (κ2) is 9.00. The average Bonchev–Trinajstić information content (AvgIpc) is 2.70. The Labute approximate surface area is 162 Å². The summed E-state index contributed by atoms with van der Waals surface area (Å²) >= 11 is 0. The fourth-order valence-corrected chi connectivity index (χ4v) is 3.31. The van der Waals surface area contributed by atoms with Gasteiger partial charge in [0.2, 0.25) is 0 Å². The molecule has 0 bridgehead atoms. The summed E-state index contributed by atoms with van der Waals surface area (Å²) in [5, 5.41) is 0. The number of hydrogen-bond acceptors (Lipinski definition) is 4. The van der Waals surface area contributed by atoms with E-state index in [1.165, 1.54) is 11.1 Å². The lowest BCUT2D eigenvalue weighted by Gasteiger charge is -2.35.